The van der Waals surface area contributed by atoms with Gasteiger partial charge in [0.15, 0.2) is 0 Å². The minimum atomic E-state index is -0.786. The van der Waals surface area contributed by atoms with E-state index in [-0.39, 0.29) is 12.3 Å². The molecule has 2 rings (SSSR count). The molecule has 1 amide bonds. The summed E-state index contributed by atoms with van der Waals surface area (Å²) < 4.78 is 10.0. The van der Waals surface area contributed by atoms with Crippen molar-refractivity contribution in [1.29, 1.82) is 0 Å². The average molecular weight is 342 g/mol. The van der Waals surface area contributed by atoms with Crippen LogP contribution in [0.1, 0.15) is 17.5 Å². The molecule has 6 heteroatoms. The van der Waals surface area contributed by atoms with Crippen LogP contribution in [-0.4, -0.2) is 37.1 Å². The minimum Gasteiger partial charge on any atom is -0.481 e. The van der Waals surface area contributed by atoms with Gasteiger partial charge in [-0.1, -0.05) is 36.4 Å². The first-order valence-electron chi connectivity index (χ1n) is 8.03. The molecule has 25 heavy (non-hydrogen) atoms. The van der Waals surface area contributed by atoms with E-state index in [0.717, 1.165) is 11.1 Å². The van der Waals surface area contributed by atoms with Crippen LogP contribution in [0.2, 0.25) is 0 Å². The van der Waals surface area contributed by atoms with E-state index < -0.39 is 12.0 Å². The van der Waals surface area contributed by atoms with Crippen molar-refractivity contribution in [3.05, 3.63) is 59.8 Å². The molecule has 6 nitrogen and oxygen atoms in total. The van der Waals surface area contributed by atoms with Crippen molar-refractivity contribution in [1.82, 2.24) is 10.3 Å². The second-order valence-corrected chi connectivity index (χ2v) is 5.50. The zero-order chi connectivity index (χ0) is 18.1. The SMILES string of the molecule is COC(=O)[C@@H](Cc1cccnc1OC)NC(=O)CCc1ccccc1. The minimum absolute atomic E-state index is 0.206. The van der Waals surface area contributed by atoms with Crippen molar-refractivity contribution in [2.45, 2.75) is 25.3 Å². The van der Waals surface area contributed by atoms with Gasteiger partial charge < -0.3 is 14.8 Å². The maximum Gasteiger partial charge on any atom is 0.328 e. The molecule has 0 aliphatic heterocycles. The van der Waals surface area contributed by atoms with E-state index in [4.69, 9.17) is 9.47 Å². The first kappa shape index (κ1) is 18.4. The molecule has 1 aromatic heterocycles. The van der Waals surface area contributed by atoms with Gasteiger partial charge in [-0.05, 0) is 18.1 Å². The molecule has 1 aromatic carbocycles. The highest BCUT2D eigenvalue weighted by molar-refractivity contribution is 5.84. The lowest BCUT2D eigenvalue weighted by molar-refractivity contribution is -0.145. The predicted octanol–water partition coefficient (Wildman–Crippen LogP) is 1.92. The molecular weight excluding hydrogens is 320 g/mol. The van der Waals surface area contributed by atoms with Crippen molar-refractivity contribution in [2.24, 2.45) is 0 Å². The average Bonchev–Trinajstić information content (AvgIpc) is 2.66. The van der Waals surface area contributed by atoms with E-state index >= 15 is 0 Å². The Morgan fingerprint density at radius 2 is 1.88 bits per heavy atom. The third kappa shape index (κ3) is 5.60. The number of hydrogen-bond acceptors (Lipinski definition) is 5. The summed E-state index contributed by atoms with van der Waals surface area (Å²) in [4.78, 5) is 28.4. The van der Waals surface area contributed by atoms with Crippen LogP contribution in [0, 0.1) is 0 Å². The van der Waals surface area contributed by atoms with E-state index in [2.05, 4.69) is 10.3 Å². The Bertz CT molecular complexity index is 704. The molecule has 0 fully saturated rings. The molecule has 1 N–H and O–H groups in total. The molecule has 0 saturated heterocycles. The van der Waals surface area contributed by atoms with Crippen molar-refractivity contribution in [2.75, 3.05) is 14.2 Å². The van der Waals surface area contributed by atoms with Crippen molar-refractivity contribution >= 4 is 11.9 Å². The Kier molecular flexibility index (Phi) is 6.95. The Morgan fingerprint density at radius 3 is 2.56 bits per heavy atom. The summed E-state index contributed by atoms with van der Waals surface area (Å²) in [5.74, 6) is -0.281. The van der Waals surface area contributed by atoms with Crippen LogP contribution in [0.25, 0.3) is 0 Å². The molecular formula is C19H22N2O4. The number of aryl methyl sites for hydroxylation is 1. The van der Waals surface area contributed by atoms with Crippen LogP contribution in [0.4, 0.5) is 0 Å². The quantitative estimate of drug-likeness (QED) is 0.742. The summed E-state index contributed by atoms with van der Waals surface area (Å²) in [5, 5.41) is 2.74. The molecule has 0 bridgehead atoms. The lowest BCUT2D eigenvalue weighted by atomic mass is 10.1. The molecule has 0 aliphatic carbocycles. The standard InChI is InChI=1S/C19H22N2O4/c1-24-18-15(9-6-12-20-18)13-16(19(23)25-2)21-17(22)11-10-14-7-4-3-5-8-14/h3-9,12,16H,10-11,13H2,1-2H3,(H,21,22)/t16-/m1/s1. The number of benzene rings is 1. The van der Waals surface area contributed by atoms with E-state index in [0.29, 0.717) is 18.7 Å². The fourth-order valence-corrected chi connectivity index (χ4v) is 2.49. The van der Waals surface area contributed by atoms with E-state index in [1.54, 1.807) is 18.3 Å². The highest BCUT2D eigenvalue weighted by atomic mass is 16.5. The summed E-state index contributed by atoms with van der Waals surface area (Å²) in [6.07, 6.45) is 2.76. The first-order chi connectivity index (χ1) is 12.1. The van der Waals surface area contributed by atoms with Crippen LogP contribution in [0.15, 0.2) is 48.7 Å². The summed E-state index contributed by atoms with van der Waals surface area (Å²) in [6, 6.07) is 12.5. The molecule has 132 valence electrons. The predicted molar refractivity (Wildman–Crippen MR) is 93.2 cm³/mol. The number of esters is 1. The number of hydrogen-bond donors (Lipinski definition) is 1. The number of carbonyl (C=O) groups excluding carboxylic acids is 2. The maximum absolute atomic E-state index is 12.2. The number of aromatic nitrogens is 1. The molecule has 1 heterocycles. The van der Waals surface area contributed by atoms with Crippen LogP contribution >= 0.6 is 0 Å². The van der Waals surface area contributed by atoms with E-state index in [1.807, 2.05) is 30.3 Å². The van der Waals surface area contributed by atoms with Crippen molar-refractivity contribution < 1.29 is 19.1 Å². The smallest absolute Gasteiger partial charge is 0.328 e. The number of pyridine rings is 1. The van der Waals surface area contributed by atoms with Crippen LogP contribution in [-0.2, 0) is 27.2 Å². The van der Waals surface area contributed by atoms with Crippen LogP contribution in [0.5, 0.6) is 5.88 Å². The first-order valence-corrected chi connectivity index (χ1v) is 8.03. The van der Waals surface area contributed by atoms with Gasteiger partial charge in [0, 0.05) is 24.6 Å². The van der Waals surface area contributed by atoms with Crippen molar-refractivity contribution in [3.8, 4) is 5.88 Å². The summed E-state index contributed by atoms with van der Waals surface area (Å²) in [6.45, 7) is 0. The number of carbonyl (C=O) groups is 2. The number of rotatable bonds is 8. The van der Waals surface area contributed by atoms with Crippen LogP contribution < -0.4 is 10.1 Å². The van der Waals surface area contributed by atoms with Gasteiger partial charge in [0.25, 0.3) is 0 Å². The molecule has 1 atom stereocenters. The Hall–Kier alpha value is -2.89. The van der Waals surface area contributed by atoms with E-state index in [1.165, 1.54) is 14.2 Å². The number of amides is 1. The molecule has 0 unspecified atom stereocenters. The largest absolute Gasteiger partial charge is 0.481 e. The summed E-state index contributed by atoms with van der Waals surface area (Å²) in [5.41, 5.74) is 1.80. The summed E-state index contributed by atoms with van der Waals surface area (Å²) in [7, 11) is 2.81. The van der Waals surface area contributed by atoms with Gasteiger partial charge in [-0.25, -0.2) is 9.78 Å². The van der Waals surface area contributed by atoms with Crippen LogP contribution in [0.3, 0.4) is 0 Å². The zero-order valence-corrected chi connectivity index (χ0v) is 14.4. The third-order valence-electron chi connectivity index (χ3n) is 3.77. The number of ether oxygens (including phenoxy) is 2. The second kappa shape index (κ2) is 9.42. The fraction of sp³-hybridized carbons (Fsp3) is 0.316. The topological polar surface area (TPSA) is 77.5 Å². The molecule has 0 spiro atoms. The number of nitrogens with zero attached hydrogens (tertiary/aromatic N) is 1. The lowest BCUT2D eigenvalue weighted by Crippen LogP contribution is -2.43. The van der Waals surface area contributed by atoms with Gasteiger partial charge in [-0.3, -0.25) is 4.79 Å². The molecule has 2 aromatic rings. The monoisotopic (exact) mass is 342 g/mol. The zero-order valence-electron chi connectivity index (χ0n) is 14.4. The normalized spacial score (nSPS) is 11.4. The molecule has 0 aliphatic rings. The highest BCUT2D eigenvalue weighted by Crippen LogP contribution is 2.16. The van der Waals surface area contributed by atoms with Gasteiger partial charge in [0.05, 0.1) is 14.2 Å². The van der Waals surface area contributed by atoms with Gasteiger partial charge in [-0.15, -0.1) is 0 Å². The third-order valence-corrected chi connectivity index (χ3v) is 3.77. The maximum atomic E-state index is 12.2. The van der Waals surface area contributed by atoms with Gasteiger partial charge in [-0.2, -0.15) is 0 Å². The number of methoxy groups -OCH3 is 2. The van der Waals surface area contributed by atoms with Crippen molar-refractivity contribution in [3.63, 3.8) is 0 Å². The number of nitrogens with one attached hydrogen (secondary N) is 1. The van der Waals surface area contributed by atoms with Gasteiger partial charge >= 0.3 is 5.97 Å². The Labute approximate surface area is 147 Å². The van der Waals surface area contributed by atoms with Gasteiger partial charge in [0.2, 0.25) is 11.8 Å². The highest BCUT2D eigenvalue weighted by Gasteiger charge is 2.23. The fourth-order valence-electron chi connectivity index (χ4n) is 2.49. The molecule has 0 radical (unpaired) electrons. The lowest BCUT2D eigenvalue weighted by Gasteiger charge is -2.17. The Morgan fingerprint density at radius 1 is 1.12 bits per heavy atom. The van der Waals surface area contributed by atoms with Gasteiger partial charge in [0.1, 0.15) is 6.04 Å². The molecule has 0 saturated carbocycles. The summed E-state index contributed by atoms with van der Waals surface area (Å²) >= 11 is 0. The van der Waals surface area contributed by atoms with E-state index in [9.17, 15) is 9.59 Å². The second-order valence-electron chi connectivity index (χ2n) is 5.50. The Balaban J connectivity index is 1.99.